The molecule has 6 nitrogen and oxygen atoms in total. The largest absolute Gasteiger partial charge is 2.00 e. The molecule has 0 aliphatic rings. The van der Waals surface area contributed by atoms with E-state index in [0.717, 1.165) is 37.8 Å². The molecule has 0 amide bonds. The average molecular weight is 394 g/mol. The van der Waals surface area contributed by atoms with Crippen molar-refractivity contribution in [2.75, 3.05) is 13.2 Å². The minimum Gasteiger partial charge on any atom is -0.876 e. The second kappa shape index (κ2) is 30.9. The van der Waals surface area contributed by atoms with Gasteiger partial charge in [0, 0.05) is 13.2 Å². The first kappa shape index (κ1) is 35.2. The topological polar surface area (TPSA) is 121 Å². The fourth-order valence-electron chi connectivity index (χ4n) is 0.889. The summed E-state index contributed by atoms with van der Waals surface area (Å²) in [7, 11) is 0. The zero-order chi connectivity index (χ0) is 20.0. The van der Waals surface area contributed by atoms with Gasteiger partial charge in [-0.1, -0.05) is 40.5 Å². The number of aliphatic hydroxyl groups is 2. The molecule has 0 radical (unpaired) electrons. The zero-order valence-corrected chi connectivity index (χ0v) is 18.0. The van der Waals surface area contributed by atoms with E-state index < -0.39 is 0 Å². The first-order valence-corrected chi connectivity index (χ1v) is 8.02. The Morgan fingerprint density at radius 2 is 1.00 bits per heavy atom. The van der Waals surface area contributed by atoms with E-state index in [4.69, 9.17) is 10.2 Å². The van der Waals surface area contributed by atoms with Crippen LogP contribution in [0.4, 0.5) is 0 Å². The zero-order valence-electron chi connectivity index (χ0n) is 16.4. The number of aliphatic hydroxyl groups excluding tert-OH is 2. The van der Waals surface area contributed by atoms with Crippen molar-refractivity contribution in [3.05, 3.63) is 23.7 Å². The smallest absolute Gasteiger partial charge is 0.876 e. The molecule has 0 fully saturated rings. The number of carbonyl (C=O) groups excluding carboxylic acids is 2. The Balaban J connectivity index is -0.0000000711. The number of hydrogen-bond donors (Lipinski definition) is 2. The SMILES string of the molecule is CC(=O)/C=C(/C)[O-].CC(=O)/C=C(/C)[O-].CCCCO.CCCCO.[Ti+2]. The van der Waals surface area contributed by atoms with Crippen LogP contribution in [0, 0.1) is 0 Å². The van der Waals surface area contributed by atoms with Crippen molar-refractivity contribution < 1.29 is 51.7 Å². The second-order valence-electron chi connectivity index (χ2n) is 4.89. The maximum Gasteiger partial charge on any atom is 2.00 e. The third-order valence-corrected chi connectivity index (χ3v) is 1.84. The average Bonchev–Trinajstić information content (AvgIpc) is 2.39. The first-order chi connectivity index (χ1) is 11.1. The van der Waals surface area contributed by atoms with Crippen molar-refractivity contribution in [1.82, 2.24) is 0 Å². The molecule has 0 saturated carbocycles. The van der Waals surface area contributed by atoms with E-state index >= 15 is 0 Å². The van der Waals surface area contributed by atoms with Gasteiger partial charge in [-0.25, -0.2) is 0 Å². The summed E-state index contributed by atoms with van der Waals surface area (Å²) in [5.41, 5.74) is 0. The van der Waals surface area contributed by atoms with Gasteiger partial charge >= 0.3 is 21.7 Å². The van der Waals surface area contributed by atoms with Gasteiger partial charge in [-0.2, -0.15) is 0 Å². The van der Waals surface area contributed by atoms with E-state index in [1.54, 1.807) is 0 Å². The third-order valence-electron chi connectivity index (χ3n) is 1.84. The molecule has 0 saturated heterocycles. The van der Waals surface area contributed by atoms with Gasteiger partial charge in [0.15, 0.2) is 11.6 Å². The number of ketones is 2. The molecule has 2 N–H and O–H groups in total. The number of hydrogen-bond acceptors (Lipinski definition) is 6. The van der Waals surface area contributed by atoms with Gasteiger partial charge in [0.05, 0.1) is 0 Å². The van der Waals surface area contributed by atoms with E-state index in [1.807, 2.05) is 0 Å². The van der Waals surface area contributed by atoms with Crippen molar-refractivity contribution >= 4 is 11.6 Å². The van der Waals surface area contributed by atoms with Gasteiger partial charge < -0.3 is 20.4 Å². The molecule has 0 aliphatic heterocycles. The van der Waals surface area contributed by atoms with Gasteiger partial charge in [0.25, 0.3) is 0 Å². The summed E-state index contributed by atoms with van der Waals surface area (Å²) in [6.07, 6.45) is 6.19. The molecule has 0 aromatic carbocycles. The maximum absolute atomic E-state index is 9.98. The minimum atomic E-state index is -0.187. The summed E-state index contributed by atoms with van der Waals surface area (Å²) in [6, 6.07) is 0. The summed E-state index contributed by atoms with van der Waals surface area (Å²) >= 11 is 0. The van der Waals surface area contributed by atoms with Crippen molar-refractivity contribution in [1.29, 1.82) is 0 Å². The van der Waals surface area contributed by atoms with Crippen LogP contribution in [0.3, 0.4) is 0 Å². The molecule has 0 bridgehead atoms. The van der Waals surface area contributed by atoms with Crippen LogP contribution in [0.1, 0.15) is 67.2 Å². The van der Waals surface area contributed by atoms with Crippen molar-refractivity contribution in [2.45, 2.75) is 67.2 Å². The Labute approximate surface area is 167 Å². The van der Waals surface area contributed by atoms with Gasteiger partial charge in [-0.3, -0.25) is 9.59 Å². The summed E-state index contributed by atoms with van der Waals surface area (Å²) in [5, 5.41) is 36.1. The van der Waals surface area contributed by atoms with Crippen LogP contribution in [0.5, 0.6) is 0 Å². The summed E-state index contributed by atoms with van der Waals surface area (Å²) in [5.74, 6) is -0.750. The molecule has 0 aliphatic carbocycles. The summed E-state index contributed by atoms with van der Waals surface area (Å²) in [4.78, 5) is 20.0. The number of unbranched alkanes of at least 4 members (excludes halogenated alkanes) is 2. The number of carbonyl (C=O) groups is 2. The summed E-state index contributed by atoms with van der Waals surface area (Å²) < 4.78 is 0. The number of allylic oxidation sites excluding steroid dienone is 4. The molecule has 0 spiro atoms. The van der Waals surface area contributed by atoms with Crippen LogP contribution in [0.25, 0.3) is 0 Å². The van der Waals surface area contributed by atoms with Crippen molar-refractivity contribution in [3.63, 3.8) is 0 Å². The van der Waals surface area contributed by atoms with Gasteiger partial charge in [-0.15, -0.1) is 11.5 Å². The van der Waals surface area contributed by atoms with Crippen LogP contribution in [0.15, 0.2) is 23.7 Å². The Morgan fingerprint density at radius 1 is 0.760 bits per heavy atom. The Hall–Kier alpha value is -0.946. The van der Waals surface area contributed by atoms with Crippen LogP contribution in [-0.2, 0) is 31.3 Å². The Morgan fingerprint density at radius 3 is 1.00 bits per heavy atom. The van der Waals surface area contributed by atoms with Crippen LogP contribution < -0.4 is 10.2 Å². The molecule has 0 unspecified atom stereocenters. The van der Waals surface area contributed by atoms with Gasteiger partial charge in [0.1, 0.15) is 0 Å². The normalized spacial score (nSPS) is 9.76. The predicted molar refractivity (Wildman–Crippen MR) is 92.9 cm³/mol. The van der Waals surface area contributed by atoms with Gasteiger partial charge in [-0.05, 0) is 38.8 Å². The predicted octanol–water partition coefficient (Wildman–Crippen LogP) is 1.23. The molecule has 0 atom stereocenters. The van der Waals surface area contributed by atoms with Gasteiger partial charge in [0.2, 0.25) is 0 Å². The standard InChI is InChI=1S/2C5H8O2.2C4H10O.Ti/c2*1-4(6)3-5(2)7;2*1-2-3-4-5;/h2*3,6H,1-2H3;2*5H,2-4H2,1H3;/q;;;;+2/p-2/b2*4-3-;;;. The summed E-state index contributed by atoms with van der Waals surface area (Å²) in [6.45, 7) is 10.2. The van der Waals surface area contributed by atoms with Crippen LogP contribution in [-0.4, -0.2) is 35.0 Å². The Kier molecular flexibility index (Phi) is 43.5. The van der Waals surface area contributed by atoms with E-state index in [1.165, 1.54) is 27.7 Å². The molecule has 25 heavy (non-hydrogen) atoms. The quantitative estimate of drug-likeness (QED) is 0.397. The van der Waals surface area contributed by atoms with Crippen molar-refractivity contribution in [3.8, 4) is 0 Å². The van der Waals surface area contributed by atoms with E-state index in [0.29, 0.717) is 13.2 Å². The monoisotopic (exact) mass is 394 g/mol. The van der Waals surface area contributed by atoms with Crippen molar-refractivity contribution in [2.24, 2.45) is 0 Å². The van der Waals surface area contributed by atoms with Crippen LogP contribution in [0.2, 0.25) is 0 Å². The molecule has 146 valence electrons. The Bertz CT molecular complexity index is 305. The molecule has 0 rings (SSSR count). The molecule has 0 heterocycles. The fraction of sp³-hybridized carbons (Fsp3) is 0.667. The maximum atomic E-state index is 9.98. The number of rotatable bonds is 6. The molecular weight excluding hydrogens is 360 g/mol. The molecular formula is C18H34O6Ti. The molecule has 0 aromatic heterocycles. The van der Waals surface area contributed by atoms with E-state index in [-0.39, 0.29) is 44.8 Å². The first-order valence-electron chi connectivity index (χ1n) is 8.02. The third kappa shape index (κ3) is 83.6. The fourth-order valence-corrected chi connectivity index (χ4v) is 0.889. The minimum absolute atomic E-state index is 0. The molecule has 7 heteroatoms. The van der Waals surface area contributed by atoms with E-state index in [9.17, 15) is 19.8 Å². The van der Waals surface area contributed by atoms with Crippen LogP contribution >= 0.6 is 0 Å². The molecule has 0 aromatic rings. The van der Waals surface area contributed by atoms with E-state index in [2.05, 4.69) is 13.8 Å². The second-order valence-corrected chi connectivity index (χ2v) is 4.89.